The van der Waals surface area contributed by atoms with Crippen molar-refractivity contribution in [2.75, 3.05) is 6.54 Å². The maximum absolute atomic E-state index is 11.7. The van der Waals surface area contributed by atoms with Crippen LogP contribution in [0.5, 0.6) is 0 Å². The van der Waals surface area contributed by atoms with Crippen molar-refractivity contribution in [2.24, 2.45) is 0 Å². The third-order valence-electron chi connectivity index (χ3n) is 2.88. The van der Waals surface area contributed by atoms with Gasteiger partial charge in [0.05, 0.1) is 6.20 Å². The molecule has 2 rings (SSSR count). The second kappa shape index (κ2) is 5.99. The first-order valence-corrected chi connectivity index (χ1v) is 6.12. The molecular formula is C13H16N4O2. The van der Waals surface area contributed by atoms with E-state index in [1.807, 2.05) is 6.92 Å². The number of aromatic nitrogens is 3. The number of carbonyl (C=O) groups excluding carboxylic acids is 1. The lowest BCUT2D eigenvalue weighted by molar-refractivity contribution is 0.0953. The maximum Gasteiger partial charge on any atom is 0.251 e. The third kappa shape index (κ3) is 3.54. The van der Waals surface area contributed by atoms with Gasteiger partial charge in [0.15, 0.2) is 0 Å². The molecule has 3 N–H and O–H groups in total. The van der Waals surface area contributed by atoms with Gasteiger partial charge in [-0.05, 0) is 31.4 Å². The Morgan fingerprint density at radius 2 is 2.32 bits per heavy atom. The van der Waals surface area contributed by atoms with Crippen molar-refractivity contribution in [2.45, 2.75) is 19.8 Å². The van der Waals surface area contributed by atoms with E-state index in [1.165, 1.54) is 12.3 Å². The van der Waals surface area contributed by atoms with Gasteiger partial charge in [0.2, 0.25) is 5.56 Å². The average molecular weight is 260 g/mol. The van der Waals surface area contributed by atoms with Gasteiger partial charge in [0.1, 0.15) is 0 Å². The summed E-state index contributed by atoms with van der Waals surface area (Å²) in [6.45, 7) is 2.54. The number of hydrogen-bond donors (Lipinski definition) is 3. The Morgan fingerprint density at radius 3 is 3.00 bits per heavy atom. The van der Waals surface area contributed by atoms with Gasteiger partial charge in [-0.1, -0.05) is 0 Å². The van der Waals surface area contributed by atoms with Crippen molar-refractivity contribution in [1.82, 2.24) is 20.5 Å². The molecule has 2 aromatic heterocycles. The number of H-pyrrole nitrogens is 2. The van der Waals surface area contributed by atoms with Gasteiger partial charge in [-0.2, -0.15) is 5.10 Å². The molecule has 0 aliphatic carbocycles. The molecule has 0 atom stereocenters. The number of hydrogen-bond acceptors (Lipinski definition) is 3. The summed E-state index contributed by atoms with van der Waals surface area (Å²) in [5.41, 5.74) is 2.32. The monoisotopic (exact) mass is 260 g/mol. The molecule has 0 unspecified atom stereocenters. The number of aromatic amines is 2. The summed E-state index contributed by atoms with van der Waals surface area (Å²) < 4.78 is 0. The number of aryl methyl sites for hydroxylation is 2. The highest BCUT2D eigenvalue weighted by Crippen LogP contribution is 2.05. The van der Waals surface area contributed by atoms with Crippen molar-refractivity contribution in [3.8, 4) is 0 Å². The lowest BCUT2D eigenvalue weighted by atomic mass is 10.1. The molecule has 6 heteroatoms. The van der Waals surface area contributed by atoms with E-state index in [-0.39, 0.29) is 11.5 Å². The summed E-state index contributed by atoms with van der Waals surface area (Å²) in [5, 5.41) is 9.60. The zero-order valence-corrected chi connectivity index (χ0v) is 10.7. The first-order chi connectivity index (χ1) is 9.16. The van der Waals surface area contributed by atoms with Crippen LogP contribution >= 0.6 is 0 Å². The van der Waals surface area contributed by atoms with Crippen molar-refractivity contribution in [3.05, 3.63) is 51.7 Å². The minimum Gasteiger partial charge on any atom is -0.352 e. The van der Waals surface area contributed by atoms with Crippen LogP contribution in [-0.2, 0) is 6.42 Å². The highest BCUT2D eigenvalue weighted by atomic mass is 16.2. The van der Waals surface area contributed by atoms with E-state index in [9.17, 15) is 9.59 Å². The molecule has 0 radical (unpaired) electrons. The third-order valence-corrected chi connectivity index (χ3v) is 2.88. The predicted octanol–water partition coefficient (Wildman–Crippen LogP) is 0.769. The van der Waals surface area contributed by atoms with E-state index < -0.39 is 0 Å². The highest BCUT2D eigenvalue weighted by molar-refractivity contribution is 5.93. The molecule has 19 heavy (non-hydrogen) atoms. The second-order valence-corrected chi connectivity index (χ2v) is 4.32. The number of amides is 1. The first kappa shape index (κ1) is 13.1. The van der Waals surface area contributed by atoms with Gasteiger partial charge in [0.25, 0.3) is 5.91 Å². The van der Waals surface area contributed by atoms with Gasteiger partial charge in [-0.15, -0.1) is 0 Å². The molecule has 0 saturated carbocycles. The van der Waals surface area contributed by atoms with E-state index >= 15 is 0 Å². The van der Waals surface area contributed by atoms with E-state index in [1.54, 1.807) is 12.3 Å². The second-order valence-electron chi connectivity index (χ2n) is 4.32. The van der Waals surface area contributed by atoms with Crippen LogP contribution in [0.25, 0.3) is 0 Å². The minimum atomic E-state index is -0.276. The molecule has 1 amide bonds. The lowest BCUT2D eigenvalue weighted by Crippen LogP contribution is -2.26. The summed E-state index contributed by atoms with van der Waals surface area (Å²) in [6.07, 6.45) is 4.95. The topological polar surface area (TPSA) is 90.6 Å². The molecule has 0 saturated heterocycles. The smallest absolute Gasteiger partial charge is 0.251 e. The van der Waals surface area contributed by atoms with Crippen LogP contribution < -0.4 is 10.9 Å². The fourth-order valence-electron chi connectivity index (χ4n) is 1.80. The van der Waals surface area contributed by atoms with Gasteiger partial charge in [-0.25, -0.2) is 0 Å². The molecular weight excluding hydrogens is 244 g/mol. The number of nitrogens with zero attached hydrogens (tertiary/aromatic N) is 1. The minimum absolute atomic E-state index is 0.227. The summed E-state index contributed by atoms with van der Waals surface area (Å²) in [6, 6.07) is 2.87. The van der Waals surface area contributed by atoms with Gasteiger partial charge >= 0.3 is 0 Å². The molecule has 6 nitrogen and oxygen atoms in total. The SMILES string of the molecule is Cc1[nH]ncc1CCCNC(=O)c1cc[nH]c(=O)c1. The van der Waals surface area contributed by atoms with Gasteiger partial charge in [0, 0.05) is 30.1 Å². The normalized spacial score (nSPS) is 10.4. The Balaban J connectivity index is 1.78. The number of carbonyl (C=O) groups is 1. The average Bonchev–Trinajstić information content (AvgIpc) is 2.80. The van der Waals surface area contributed by atoms with Crippen LogP contribution in [0.15, 0.2) is 29.3 Å². The molecule has 0 fully saturated rings. The molecule has 2 aromatic rings. The highest BCUT2D eigenvalue weighted by Gasteiger charge is 2.05. The van der Waals surface area contributed by atoms with Crippen LogP contribution in [0.1, 0.15) is 28.0 Å². The number of nitrogens with one attached hydrogen (secondary N) is 3. The molecule has 100 valence electrons. The summed E-state index contributed by atoms with van der Waals surface area (Å²) in [4.78, 5) is 25.3. The van der Waals surface area contributed by atoms with Crippen molar-refractivity contribution in [3.63, 3.8) is 0 Å². The van der Waals surface area contributed by atoms with E-state index in [0.29, 0.717) is 12.1 Å². The standard InChI is InChI=1S/C13H16N4O2/c1-9-11(8-16-17-9)3-2-5-15-13(19)10-4-6-14-12(18)7-10/h4,6-8H,2-3,5H2,1H3,(H,14,18)(H,15,19)(H,16,17). The van der Waals surface area contributed by atoms with Gasteiger partial charge in [-0.3, -0.25) is 14.7 Å². The van der Waals surface area contributed by atoms with Gasteiger partial charge < -0.3 is 10.3 Å². The first-order valence-electron chi connectivity index (χ1n) is 6.12. The molecule has 0 aliphatic heterocycles. The number of rotatable bonds is 5. The zero-order valence-electron chi connectivity index (χ0n) is 10.7. The van der Waals surface area contributed by atoms with Crippen LogP contribution in [-0.4, -0.2) is 27.6 Å². The quantitative estimate of drug-likeness (QED) is 0.693. The van der Waals surface area contributed by atoms with E-state index in [4.69, 9.17) is 0 Å². The molecule has 0 spiro atoms. The van der Waals surface area contributed by atoms with Crippen molar-refractivity contribution >= 4 is 5.91 Å². The lowest BCUT2D eigenvalue weighted by Gasteiger charge is -2.04. The molecule has 0 bridgehead atoms. The summed E-state index contributed by atoms with van der Waals surface area (Å²) >= 11 is 0. The summed E-state index contributed by atoms with van der Waals surface area (Å²) in [5.74, 6) is -0.227. The Kier molecular flexibility index (Phi) is 4.12. The Labute approximate surface area is 110 Å². The number of pyridine rings is 1. The fraction of sp³-hybridized carbons (Fsp3) is 0.308. The van der Waals surface area contributed by atoms with Crippen LogP contribution in [0.4, 0.5) is 0 Å². The zero-order chi connectivity index (χ0) is 13.7. The van der Waals surface area contributed by atoms with E-state index in [0.717, 1.165) is 24.1 Å². The molecule has 2 heterocycles. The van der Waals surface area contributed by atoms with E-state index in [2.05, 4.69) is 20.5 Å². The van der Waals surface area contributed by atoms with Crippen molar-refractivity contribution in [1.29, 1.82) is 0 Å². The Morgan fingerprint density at radius 1 is 1.47 bits per heavy atom. The largest absolute Gasteiger partial charge is 0.352 e. The summed E-state index contributed by atoms with van der Waals surface area (Å²) in [7, 11) is 0. The van der Waals surface area contributed by atoms with Crippen LogP contribution in [0.3, 0.4) is 0 Å². The Hall–Kier alpha value is -2.37. The maximum atomic E-state index is 11.7. The van der Waals surface area contributed by atoms with Crippen molar-refractivity contribution < 1.29 is 4.79 Å². The predicted molar refractivity (Wildman–Crippen MR) is 71.0 cm³/mol. The Bertz CT molecular complexity index is 615. The van der Waals surface area contributed by atoms with Crippen LogP contribution in [0.2, 0.25) is 0 Å². The fourth-order valence-corrected chi connectivity index (χ4v) is 1.80. The molecule has 0 aromatic carbocycles. The molecule has 0 aliphatic rings. The van der Waals surface area contributed by atoms with Crippen LogP contribution in [0, 0.1) is 6.92 Å².